The van der Waals surface area contributed by atoms with Gasteiger partial charge < -0.3 is 5.73 Å². The highest BCUT2D eigenvalue weighted by atomic mass is 16.6. The van der Waals surface area contributed by atoms with E-state index < -0.39 is 0 Å². The molecule has 0 aromatic carbocycles. The quantitative estimate of drug-likeness (QED) is 0.605. The Kier molecular flexibility index (Phi) is 1.40. The van der Waals surface area contributed by atoms with Gasteiger partial charge in [0.05, 0.1) is 6.20 Å². The Labute approximate surface area is 66.6 Å². The van der Waals surface area contributed by atoms with E-state index in [0.717, 1.165) is 0 Å². The molecule has 0 saturated heterocycles. The minimum Gasteiger partial charge on any atom is -0.379 e. The number of hydrogen-bond acceptors (Lipinski definition) is 7. The molecule has 2 N–H and O–H groups in total. The SMILES string of the molecule is Nc1nonc1-c1nccnn1. The smallest absolute Gasteiger partial charge is 0.207 e. The maximum absolute atomic E-state index is 5.40. The first-order valence-corrected chi connectivity index (χ1v) is 3.10. The average Bonchev–Trinajstić information content (AvgIpc) is 2.53. The molecular formula is C5H4N6O. The van der Waals surface area contributed by atoms with Crippen LogP contribution in [0.3, 0.4) is 0 Å². The lowest BCUT2D eigenvalue weighted by Crippen LogP contribution is -1.94. The van der Waals surface area contributed by atoms with Gasteiger partial charge in [-0.2, -0.15) is 5.10 Å². The highest BCUT2D eigenvalue weighted by Crippen LogP contribution is 2.15. The first-order valence-electron chi connectivity index (χ1n) is 3.10. The Hall–Kier alpha value is -2.05. The van der Waals surface area contributed by atoms with Crippen LogP contribution >= 0.6 is 0 Å². The predicted octanol–water partition coefficient (Wildman–Crippen LogP) is -0.496. The van der Waals surface area contributed by atoms with E-state index >= 15 is 0 Å². The number of nitrogens with zero attached hydrogens (tertiary/aromatic N) is 5. The second-order valence-corrected chi connectivity index (χ2v) is 1.96. The van der Waals surface area contributed by atoms with Crippen molar-refractivity contribution < 1.29 is 4.63 Å². The molecule has 0 spiro atoms. The highest BCUT2D eigenvalue weighted by Gasteiger charge is 2.11. The van der Waals surface area contributed by atoms with Crippen molar-refractivity contribution in [3.05, 3.63) is 12.4 Å². The first-order chi connectivity index (χ1) is 5.88. The number of nitrogen functional groups attached to an aromatic ring is 1. The Balaban J connectivity index is 2.51. The maximum atomic E-state index is 5.40. The molecule has 2 aromatic heterocycles. The molecule has 2 aromatic rings. The second-order valence-electron chi connectivity index (χ2n) is 1.96. The van der Waals surface area contributed by atoms with E-state index in [1.807, 2.05) is 0 Å². The normalized spacial score (nSPS) is 10.0. The minimum absolute atomic E-state index is 0.156. The van der Waals surface area contributed by atoms with Gasteiger partial charge in [-0.25, -0.2) is 9.61 Å². The monoisotopic (exact) mass is 164 g/mol. The lowest BCUT2D eigenvalue weighted by molar-refractivity contribution is 0.310. The topological polar surface area (TPSA) is 104 Å². The van der Waals surface area contributed by atoms with Crippen LogP contribution in [-0.4, -0.2) is 25.5 Å². The summed E-state index contributed by atoms with van der Waals surface area (Å²) in [5, 5.41) is 14.2. The van der Waals surface area contributed by atoms with Crippen molar-refractivity contribution in [1.29, 1.82) is 0 Å². The number of anilines is 1. The fourth-order valence-electron chi connectivity index (χ4n) is 0.707. The summed E-state index contributed by atoms with van der Waals surface area (Å²) in [6.07, 6.45) is 2.93. The van der Waals surface area contributed by atoms with Crippen molar-refractivity contribution in [2.24, 2.45) is 0 Å². The van der Waals surface area contributed by atoms with Crippen LogP contribution in [-0.2, 0) is 0 Å². The van der Waals surface area contributed by atoms with Crippen LogP contribution < -0.4 is 5.73 Å². The fraction of sp³-hybridized carbons (Fsp3) is 0. The van der Waals surface area contributed by atoms with Gasteiger partial charge in [-0.3, -0.25) is 0 Å². The van der Waals surface area contributed by atoms with Gasteiger partial charge in [0.2, 0.25) is 5.82 Å². The summed E-state index contributed by atoms with van der Waals surface area (Å²) in [4.78, 5) is 3.87. The van der Waals surface area contributed by atoms with Gasteiger partial charge >= 0.3 is 0 Å². The summed E-state index contributed by atoms with van der Waals surface area (Å²) in [6.45, 7) is 0. The molecule has 0 aliphatic heterocycles. The summed E-state index contributed by atoms with van der Waals surface area (Å²) in [5.74, 6) is 0.458. The molecule has 0 aliphatic carbocycles. The van der Waals surface area contributed by atoms with Gasteiger partial charge in [0.15, 0.2) is 11.5 Å². The molecule has 7 nitrogen and oxygen atoms in total. The van der Waals surface area contributed by atoms with Crippen molar-refractivity contribution >= 4 is 5.82 Å². The maximum Gasteiger partial charge on any atom is 0.207 e. The van der Waals surface area contributed by atoms with E-state index in [1.54, 1.807) is 0 Å². The van der Waals surface area contributed by atoms with Crippen LogP contribution in [0.25, 0.3) is 11.5 Å². The summed E-state index contributed by atoms with van der Waals surface area (Å²) in [5.41, 5.74) is 5.71. The summed E-state index contributed by atoms with van der Waals surface area (Å²) in [7, 11) is 0. The van der Waals surface area contributed by atoms with Crippen LogP contribution in [0, 0.1) is 0 Å². The molecule has 0 atom stereocenters. The summed E-state index contributed by atoms with van der Waals surface area (Å²) in [6, 6.07) is 0. The Bertz CT molecular complexity index is 370. The average molecular weight is 164 g/mol. The van der Waals surface area contributed by atoms with Gasteiger partial charge in [0, 0.05) is 6.20 Å². The molecule has 0 bridgehead atoms. The highest BCUT2D eigenvalue weighted by molar-refractivity contribution is 5.61. The molecule has 0 unspecified atom stereocenters. The lowest BCUT2D eigenvalue weighted by atomic mass is 10.4. The number of hydrogen-bond donors (Lipinski definition) is 1. The van der Waals surface area contributed by atoms with Crippen molar-refractivity contribution in [1.82, 2.24) is 25.5 Å². The van der Waals surface area contributed by atoms with Crippen molar-refractivity contribution in [3.63, 3.8) is 0 Å². The van der Waals surface area contributed by atoms with Gasteiger partial charge in [0.25, 0.3) is 0 Å². The van der Waals surface area contributed by atoms with Crippen LogP contribution in [0.4, 0.5) is 5.82 Å². The van der Waals surface area contributed by atoms with E-state index in [-0.39, 0.29) is 5.82 Å². The van der Waals surface area contributed by atoms with E-state index in [9.17, 15) is 0 Å². The standard InChI is InChI=1S/C5H4N6O/c6-4-3(10-12-11-4)5-7-1-2-8-9-5/h1-2H,(H2,6,11). The lowest BCUT2D eigenvalue weighted by Gasteiger charge is -1.89. The zero-order valence-electron chi connectivity index (χ0n) is 5.88. The molecule has 0 amide bonds. The molecule has 0 aliphatic rings. The van der Waals surface area contributed by atoms with Crippen molar-refractivity contribution in [2.45, 2.75) is 0 Å². The fourth-order valence-corrected chi connectivity index (χ4v) is 0.707. The molecule has 12 heavy (non-hydrogen) atoms. The Morgan fingerprint density at radius 2 is 2.17 bits per heavy atom. The molecule has 2 rings (SSSR count). The van der Waals surface area contributed by atoms with Gasteiger partial charge in [0.1, 0.15) is 0 Å². The molecule has 2 heterocycles. The molecule has 0 radical (unpaired) electrons. The molecule has 0 fully saturated rings. The zero-order valence-corrected chi connectivity index (χ0v) is 5.88. The first kappa shape index (κ1) is 6.65. The Morgan fingerprint density at radius 3 is 2.75 bits per heavy atom. The Morgan fingerprint density at radius 1 is 1.25 bits per heavy atom. The summed E-state index contributed by atoms with van der Waals surface area (Å²) >= 11 is 0. The van der Waals surface area contributed by atoms with Crippen LogP contribution in [0.2, 0.25) is 0 Å². The molecular weight excluding hydrogens is 160 g/mol. The number of nitrogens with two attached hydrogens (primary N) is 1. The summed E-state index contributed by atoms with van der Waals surface area (Å²) < 4.78 is 4.37. The van der Waals surface area contributed by atoms with Crippen LogP contribution in [0.15, 0.2) is 17.0 Å². The third-order valence-corrected chi connectivity index (χ3v) is 1.21. The van der Waals surface area contributed by atoms with E-state index in [4.69, 9.17) is 5.73 Å². The number of aromatic nitrogens is 5. The molecule has 7 heteroatoms. The minimum atomic E-state index is 0.156. The third kappa shape index (κ3) is 0.965. The van der Waals surface area contributed by atoms with Crippen molar-refractivity contribution in [2.75, 3.05) is 5.73 Å². The van der Waals surface area contributed by atoms with E-state index in [1.165, 1.54) is 12.4 Å². The number of rotatable bonds is 1. The molecule has 0 saturated carbocycles. The van der Waals surface area contributed by atoms with Gasteiger partial charge in [-0.05, 0) is 10.3 Å². The molecule has 60 valence electrons. The van der Waals surface area contributed by atoms with Crippen LogP contribution in [0.1, 0.15) is 0 Å². The third-order valence-electron chi connectivity index (χ3n) is 1.21. The largest absolute Gasteiger partial charge is 0.379 e. The van der Waals surface area contributed by atoms with E-state index in [0.29, 0.717) is 11.5 Å². The van der Waals surface area contributed by atoms with Gasteiger partial charge in [-0.1, -0.05) is 0 Å². The zero-order chi connectivity index (χ0) is 8.39. The van der Waals surface area contributed by atoms with Gasteiger partial charge in [-0.15, -0.1) is 5.10 Å². The van der Waals surface area contributed by atoms with Crippen molar-refractivity contribution in [3.8, 4) is 11.5 Å². The second kappa shape index (κ2) is 2.53. The predicted molar refractivity (Wildman–Crippen MR) is 37.5 cm³/mol. The van der Waals surface area contributed by atoms with Crippen LogP contribution in [0.5, 0.6) is 0 Å². The van der Waals surface area contributed by atoms with E-state index in [2.05, 4.69) is 30.1 Å².